The van der Waals surface area contributed by atoms with Crippen molar-refractivity contribution in [2.45, 2.75) is 46.0 Å². The second kappa shape index (κ2) is 4.89. The van der Waals surface area contributed by atoms with Gasteiger partial charge >= 0.3 is 0 Å². The van der Waals surface area contributed by atoms with Gasteiger partial charge in [-0.15, -0.1) is 0 Å². The molecule has 2 aromatic rings. The van der Waals surface area contributed by atoms with Crippen LogP contribution in [-0.2, 0) is 19.9 Å². The molecule has 0 saturated heterocycles. The summed E-state index contributed by atoms with van der Waals surface area (Å²) >= 11 is 0. The Morgan fingerprint density at radius 1 is 1.15 bits per heavy atom. The highest BCUT2D eigenvalue weighted by Gasteiger charge is 2.18. The topological polar surface area (TPSA) is 63.6 Å². The first-order valence-corrected chi connectivity index (χ1v) is 7.20. The summed E-state index contributed by atoms with van der Waals surface area (Å²) in [4.78, 5) is 20.0. The highest BCUT2D eigenvalue weighted by Crippen LogP contribution is 2.24. The summed E-state index contributed by atoms with van der Waals surface area (Å²) in [5, 5.41) is 4.40. The van der Waals surface area contributed by atoms with Crippen LogP contribution < -0.4 is 5.56 Å². The Balaban J connectivity index is 2.18. The van der Waals surface area contributed by atoms with Crippen LogP contribution in [0.15, 0.2) is 4.79 Å². The van der Waals surface area contributed by atoms with Crippen molar-refractivity contribution in [3.63, 3.8) is 0 Å². The number of hydrogen-bond donors (Lipinski definition) is 1. The quantitative estimate of drug-likeness (QED) is 0.808. The fourth-order valence-corrected chi connectivity index (χ4v) is 3.01. The molecule has 0 bridgehead atoms. The summed E-state index contributed by atoms with van der Waals surface area (Å²) in [6, 6.07) is 0. The number of H-pyrrole nitrogens is 1. The van der Waals surface area contributed by atoms with E-state index in [0.717, 1.165) is 53.9 Å². The van der Waals surface area contributed by atoms with Crippen molar-refractivity contribution in [3.8, 4) is 11.4 Å². The van der Waals surface area contributed by atoms with Crippen LogP contribution in [0.25, 0.3) is 11.4 Å². The number of hydrogen-bond acceptors (Lipinski definition) is 3. The van der Waals surface area contributed by atoms with Crippen LogP contribution in [0.3, 0.4) is 0 Å². The fraction of sp³-hybridized carbons (Fsp3) is 0.533. The fourth-order valence-electron chi connectivity index (χ4n) is 3.01. The number of nitrogens with zero attached hydrogens (tertiary/aromatic N) is 3. The van der Waals surface area contributed by atoms with E-state index in [2.05, 4.69) is 10.1 Å². The van der Waals surface area contributed by atoms with Crippen LogP contribution in [0.2, 0.25) is 0 Å². The van der Waals surface area contributed by atoms with Crippen LogP contribution in [0.1, 0.15) is 41.9 Å². The third-order valence-electron chi connectivity index (χ3n) is 4.19. The maximum absolute atomic E-state index is 12.3. The van der Waals surface area contributed by atoms with Gasteiger partial charge in [0.2, 0.25) is 0 Å². The number of aromatic amines is 1. The summed E-state index contributed by atoms with van der Waals surface area (Å²) in [5.41, 5.74) is 4.77. The number of aryl methyl sites for hydroxylation is 3. The molecule has 5 nitrogen and oxygen atoms in total. The average Bonchev–Trinajstić information content (AvgIpc) is 2.58. The highest BCUT2D eigenvalue weighted by molar-refractivity contribution is 5.61. The minimum atomic E-state index is 0.0227. The van der Waals surface area contributed by atoms with Gasteiger partial charge < -0.3 is 4.98 Å². The van der Waals surface area contributed by atoms with Gasteiger partial charge in [0.15, 0.2) is 0 Å². The van der Waals surface area contributed by atoms with Crippen molar-refractivity contribution in [1.29, 1.82) is 0 Å². The minimum Gasteiger partial charge on any atom is -0.306 e. The van der Waals surface area contributed by atoms with Gasteiger partial charge in [-0.1, -0.05) is 6.42 Å². The first-order valence-electron chi connectivity index (χ1n) is 7.20. The molecular weight excluding hydrogens is 252 g/mol. The molecule has 1 N–H and O–H groups in total. The predicted octanol–water partition coefficient (Wildman–Crippen LogP) is 2.06. The average molecular weight is 272 g/mol. The molecule has 2 aromatic heterocycles. The third kappa shape index (κ3) is 2.07. The molecule has 0 saturated carbocycles. The largest absolute Gasteiger partial charge is 0.306 e. The van der Waals surface area contributed by atoms with Crippen molar-refractivity contribution >= 4 is 0 Å². The molecule has 0 radical (unpaired) electrons. The van der Waals surface area contributed by atoms with Gasteiger partial charge in [-0.25, -0.2) is 4.98 Å². The van der Waals surface area contributed by atoms with E-state index in [4.69, 9.17) is 4.98 Å². The van der Waals surface area contributed by atoms with Crippen molar-refractivity contribution in [3.05, 3.63) is 33.0 Å². The maximum atomic E-state index is 12.3. The predicted molar refractivity (Wildman–Crippen MR) is 77.8 cm³/mol. The minimum absolute atomic E-state index is 0.0227. The Morgan fingerprint density at radius 2 is 1.90 bits per heavy atom. The lowest BCUT2D eigenvalue weighted by Crippen LogP contribution is -2.18. The molecular formula is C15H20N4O. The molecule has 2 heterocycles. The van der Waals surface area contributed by atoms with Gasteiger partial charge in [0, 0.05) is 18.3 Å². The van der Waals surface area contributed by atoms with E-state index in [-0.39, 0.29) is 5.56 Å². The maximum Gasteiger partial charge on any atom is 0.254 e. The Morgan fingerprint density at radius 3 is 2.60 bits per heavy atom. The van der Waals surface area contributed by atoms with E-state index in [1.807, 2.05) is 25.6 Å². The molecule has 0 unspecified atom stereocenters. The van der Waals surface area contributed by atoms with Gasteiger partial charge in [0.05, 0.1) is 17.0 Å². The lowest BCUT2D eigenvalue weighted by atomic mass is 10.1. The Bertz CT molecular complexity index is 711. The summed E-state index contributed by atoms with van der Waals surface area (Å²) in [7, 11) is 1.91. The Hall–Kier alpha value is -1.91. The van der Waals surface area contributed by atoms with E-state index >= 15 is 0 Å². The molecule has 0 aromatic carbocycles. The lowest BCUT2D eigenvalue weighted by molar-refractivity contribution is 0.708. The van der Waals surface area contributed by atoms with Gasteiger partial charge in [0.25, 0.3) is 5.56 Å². The first-order chi connectivity index (χ1) is 9.58. The molecule has 0 aliphatic heterocycles. The summed E-state index contributed by atoms with van der Waals surface area (Å²) in [5.74, 6) is 0.666. The van der Waals surface area contributed by atoms with Crippen LogP contribution in [0.5, 0.6) is 0 Å². The van der Waals surface area contributed by atoms with Crippen LogP contribution >= 0.6 is 0 Å². The zero-order valence-corrected chi connectivity index (χ0v) is 12.3. The Labute approximate surface area is 118 Å². The number of rotatable bonds is 1. The molecule has 0 fully saturated rings. The molecule has 1 aliphatic rings. The molecule has 3 rings (SSSR count). The number of nitrogens with one attached hydrogen (secondary N) is 1. The van der Waals surface area contributed by atoms with Crippen molar-refractivity contribution in [1.82, 2.24) is 19.7 Å². The van der Waals surface area contributed by atoms with Crippen LogP contribution in [0.4, 0.5) is 0 Å². The third-order valence-corrected chi connectivity index (χ3v) is 4.19. The number of aromatic nitrogens is 4. The first kappa shape index (κ1) is 13.1. The van der Waals surface area contributed by atoms with Crippen LogP contribution in [-0.4, -0.2) is 19.7 Å². The summed E-state index contributed by atoms with van der Waals surface area (Å²) in [6.45, 7) is 3.95. The zero-order valence-electron chi connectivity index (χ0n) is 12.3. The second-order valence-corrected chi connectivity index (χ2v) is 5.57. The molecule has 0 amide bonds. The van der Waals surface area contributed by atoms with Crippen molar-refractivity contribution < 1.29 is 0 Å². The van der Waals surface area contributed by atoms with Crippen molar-refractivity contribution in [2.75, 3.05) is 0 Å². The normalized spacial score (nSPS) is 14.9. The number of fused-ring (bicyclic) bond motifs is 1. The van der Waals surface area contributed by atoms with E-state index in [1.54, 1.807) is 0 Å². The summed E-state index contributed by atoms with van der Waals surface area (Å²) in [6.07, 6.45) is 5.14. The van der Waals surface area contributed by atoms with E-state index in [1.165, 1.54) is 6.42 Å². The molecule has 5 heteroatoms. The monoisotopic (exact) mass is 272 g/mol. The van der Waals surface area contributed by atoms with Gasteiger partial charge in [0.1, 0.15) is 5.82 Å². The molecule has 0 atom stereocenters. The molecule has 1 aliphatic carbocycles. The van der Waals surface area contributed by atoms with E-state index in [9.17, 15) is 4.79 Å². The SMILES string of the molecule is Cc1nn(C)c(C)c1-c1nc2c(c(=O)[nH]1)CCCCC2. The molecule has 20 heavy (non-hydrogen) atoms. The molecule has 106 valence electrons. The zero-order chi connectivity index (χ0) is 14.3. The van der Waals surface area contributed by atoms with Gasteiger partial charge in [-0.2, -0.15) is 5.10 Å². The second-order valence-electron chi connectivity index (χ2n) is 5.57. The standard InChI is InChI=1S/C15H20N4O/c1-9-13(10(2)19(3)18-9)14-16-12-8-6-4-5-7-11(12)15(20)17-14/h4-8H2,1-3H3,(H,16,17,20). The molecule has 0 spiro atoms. The smallest absolute Gasteiger partial charge is 0.254 e. The van der Waals surface area contributed by atoms with Crippen LogP contribution in [0, 0.1) is 13.8 Å². The lowest BCUT2D eigenvalue weighted by Gasteiger charge is -2.07. The van der Waals surface area contributed by atoms with Gasteiger partial charge in [-0.3, -0.25) is 9.48 Å². The Kier molecular flexibility index (Phi) is 3.20. The van der Waals surface area contributed by atoms with E-state index in [0.29, 0.717) is 5.82 Å². The van der Waals surface area contributed by atoms with Crippen molar-refractivity contribution in [2.24, 2.45) is 7.05 Å². The van der Waals surface area contributed by atoms with E-state index < -0.39 is 0 Å². The van der Waals surface area contributed by atoms with Gasteiger partial charge in [-0.05, 0) is 39.5 Å². The summed E-state index contributed by atoms with van der Waals surface area (Å²) < 4.78 is 1.83. The highest BCUT2D eigenvalue weighted by atomic mass is 16.1.